The zero-order valence-corrected chi connectivity index (χ0v) is 18.3. The van der Waals surface area contributed by atoms with Crippen molar-refractivity contribution in [2.45, 2.75) is 17.9 Å². The van der Waals surface area contributed by atoms with Crippen LogP contribution in [0.25, 0.3) is 11.1 Å². The van der Waals surface area contributed by atoms with Gasteiger partial charge in [0.15, 0.2) is 9.84 Å². The minimum Gasteiger partial charge on any atom is -0.481 e. The molecule has 0 unspecified atom stereocenters. The summed E-state index contributed by atoms with van der Waals surface area (Å²) in [6, 6.07) is 14.7. The summed E-state index contributed by atoms with van der Waals surface area (Å²) in [5.41, 5.74) is 3.25. The molecule has 0 bridgehead atoms. The second-order valence-electron chi connectivity index (χ2n) is 7.23. The standard InChI is InChI=1S/C23H24N2O5S/c1-15-4-6-16(7-5-15)18-10-19(12-20(11-18)31(3,28)29)23(27)25-21(14-26)17-8-9-22(30-2)24-13-17/h4-13,21,26H,14H2,1-3H3,(H,25,27)/t21-/m1/s1. The molecule has 0 radical (unpaired) electrons. The van der Waals surface area contributed by atoms with Crippen molar-refractivity contribution >= 4 is 15.7 Å². The van der Waals surface area contributed by atoms with E-state index in [0.717, 1.165) is 17.4 Å². The lowest BCUT2D eigenvalue weighted by atomic mass is 10.0. The molecule has 2 N–H and O–H groups in total. The van der Waals surface area contributed by atoms with Gasteiger partial charge in [0.2, 0.25) is 5.88 Å². The zero-order chi connectivity index (χ0) is 22.6. The van der Waals surface area contributed by atoms with Crippen LogP contribution in [0, 0.1) is 6.92 Å². The van der Waals surface area contributed by atoms with E-state index in [9.17, 15) is 18.3 Å². The number of pyridine rings is 1. The van der Waals surface area contributed by atoms with Gasteiger partial charge in [-0.3, -0.25) is 4.79 Å². The first-order valence-corrected chi connectivity index (χ1v) is 11.4. The molecule has 1 heterocycles. The number of carbonyl (C=O) groups excluding carboxylic acids is 1. The number of sulfone groups is 1. The Hall–Kier alpha value is -3.23. The van der Waals surface area contributed by atoms with E-state index in [1.807, 2.05) is 31.2 Å². The maximum atomic E-state index is 13.0. The lowest BCUT2D eigenvalue weighted by Gasteiger charge is -2.17. The first-order valence-electron chi connectivity index (χ1n) is 9.55. The third-order valence-electron chi connectivity index (χ3n) is 4.84. The van der Waals surface area contributed by atoms with Crippen molar-refractivity contribution < 1.29 is 23.1 Å². The van der Waals surface area contributed by atoms with Crippen LogP contribution in [-0.2, 0) is 9.84 Å². The third-order valence-corrected chi connectivity index (χ3v) is 5.93. The molecule has 8 heteroatoms. The average molecular weight is 441 g/mol. The van der Waals surface area contributed by atoms with Gasteiger partial charge in [0.1, 0.15) is 0 Å². The van der Waals surface area contributed by atoms with Gasteiger partial charge < -0.3 is 15.2 Å². The summed E-state index contributed by atoms with van der Waals surface area (Å²) in [6.45, 7) is 1.61. The Morgan fingerprint density at radius 3 is 2.35 bits per heavy atom. The van der Waals surface area contributed by atoms with Gasteiger partial charge in [0, 0.05) is 24.1 Å². The highest BCUT2D eigenvalue weighted by molar-refractivity contribution is 7.90. The van der Waals surface area contributed by atoms with Crippen LogP contribution in [0.1, 0.15) is 27.5 Å². The van der Waals surface area contributed by atoms with Crippen LogP contribution in [0.4, 0.5) is 0 Å². The second-order valence-corrected chi connectivity index (χ2v) is 9.24. The number of aryl methyl sites for hydroxylation is 1. The van der Waals surface area contributed by atoms with E-state index in [-0.39, 0.29) is 17.1 Å². The van der Waals surface area contributed by atoms with Gasteiger partial charge in [-0.15, -0.1) is 0 Å². The summed E-state index contributed by atoms with van der Waals surface area (Å²) in [5, 5.41) is 12.5. The van der Waals surface area contributed by atoms with Crippen molar-refractivity contribution in [3.05, 3.63) is 77.5 Å². The van der Waals surface area contributed by atoms with Gasteiger partial charge in [-0.05, 0) is 47.9 Å². The molecule has 31 heavy (non-hydrogen) atoms. The number of aliphatic hydroxyl groups excluding tert-OH is 1. The van der Waals surface area contributed by atoms with Gasteiger partial charge in [0.25, 0.3) is 5.91 Å². The van der Waals surface area contributed by atoms with E-state index < -0.39 is 21.8 Å². The highest BCUT2D eigenvalue weighted by Gasteiger charge is 2.19. The van der Waals surface area contributed by atoms with Gasteiger partial charge in [-0.2, -0.15) is 0 Å². The highest BCUT2D eigenvalue weighted by Crippen LogP contribution is 2.26. The predicted octanol–water partition coefficient (Wildman–Crippen LogP) is 2.93. The molecule has 0 fully saturated rings. The van der Waals surface area contributed by atoms with Crippen LogP contribution in [0.15, 0.2) is 65.7 Å². The van der Waals surface area contributed by atoms with Gasteiger partial charge in [-0.1, -0.05) is 29.8 Å². The summed E-state index contributed by atoms with van der Waals surface area (Å²) in [6.07, 6.45) is 2.60. The number of benzene rings is 2. The number of hydrogen-bond donors (Lipinski definition) is 2. The molecule has 1 atom stereocenters. The molecule has 0 saturated heterocycles. The highest BCUT2D eigenvalue weighted by atomic mass is 32.2. The fourth-order valence-electron chi connectivity index (χ4n) is 3.05. The summed E-state index contributed by atoms with van der Waals surface area (Å²) >= 11 is 0. The minimum absolute atomic E-state index is 0.0439. The maximum absolute atomic E-state index is 13.0. The largest absolute Gasteiger partial charge is 0.481 e. The number of rotatable bonds is 7. The summed E-state index contributed by atoms with van der Waals surface area (Å²) in [4.78, 5) is 17.1. The number of hydrogen-bond acceptors (Lipinski definition) is 6. The summed E-state index contributed by atoms with van der Waals surface area (Å²) < 4.78 is 29.5. The molecular formula is C23H24N2O5S. The third kappa shape index (κ3) is 5.48. The number of carbonyl (C=O) groups is 1. The summed E-state index contributed by atoms with van der Waals surface area (Å²) in [5.74, 6) is -0.0934. The summed E-state index contributed by atoms with van der Waals surface area (Å²) in [7, 11) is -2.05. The zero-order valence-electron chi connectivity index (χ0n) is 17.5. The van der Waals surface area contributed by atoms with Crippen molar-refractivity contribution in [1.29, 1.82) is 0 Å². The van der Waals surface area contributed by atoms with Crippen molar-refractivity contribution in [3.63, 3.8) is 0 Å². The molecule has 1 amide bonds. The molecule has 0 aliphatic heterocycles. The van der Waals surface area contributed by atoms with Gasteiger partial charge in [0.05, 0.1) is 24.7 Å². The van der Waals surface area contributed by atoms with E-state index in [0.29, 0.717) is 17.0 Å². The van der Waals surface area contributed by atoms with E-state index >= 15 is 0 Å². The lowest BCUT2D eigenvalue weighted by Crippen LogP contribution is -2.31. The molecule has 162 valence electrons. The quantitative estimate of drug-likeness (QED) is 0.585. The molecule has 3 rings (SSSR count). The average Bonchev–Trinajstić information content (AvgIpc) is 2.77. The van der Waals surface area contributed by atoms with E-state index in [4.69, 9.17) is 4.74 Å². The second kappa shape index (κ2) is 9.28. The van der Waals surface area contributed by atoms with Crippen LogP contribution >= 0.6 is 0 Å². The predicted molar refractivity (Wildman–Crippen MR) is 118 cm³/mol. The molecule has 0 saturated carbocycles. The molecule has 0 aliphatic carbocycles. The number of nitrogens with one attached hydrogen (secondary N) is 1. The van der Waals surface area contributed by atoms with Crippen molar-refractivity contribution in [3.8, 4) is 17.0 Å². The fraction of sp³-hybridized carbons (Fsp3) is 0.217. The minimum atomic E-state index is -3.54. The van der Waals surface area contributed by atoms with Crippen molar-refractivity contribution in [2.75, 3.05) is 20.0 Å². The van der Waals surface area contributed by atoms with Gasteiger partial charge >= 0.3 is 0 Å². The molecule has 7 nitrogen and oxygen atoms in total. The monoisotopic (exact) mass is 440 g/mol. The van der Waals surface area contributed by atoms with E-state index in [1.165, 1.54) is 19.4 Å². The maximum Gasteiger partial charge on any atom is 0.251 e. The SMILES string of the molecule is COc1ccc([C@@H](CO)NC(=O)c2cc(-c3ccc(C)cc3)cc(S(C)(=O)=O)c2)cn1. The molecule has 0 spiro atoms. The van der Waals surface area contributed by atoms with Gasteiger partial charge in [-0.25, -0.2) is 13.4 Å². The normalized spacial score (nSPS) is 12.3. The fourth-order valence-corrected chi connectivity index (χ4v) is 3.73. The molecule has 3 aromatic rings. The van der Waals surface area contributed by atoms with E-state index in [1.54, 1.807) is 24.3 Å². The van der Waals surface area contributed by atoms with E-state index in [2.05, 4.69) is 10.3 Å². The van der Waals surface area contributed by atoms with Crippen LogP contribution in [0.5, 0.6) is 5.88 Å². The molecular weight excluding hydrogens is 416 g/mol. The Balaban J connectivity index is 1.96. The van der Waals surface area contributed by atoms with Crippen molar-refractivity contribution in [2.24, 2.45) is 0 Å². The van der Waals surface area contributed by atoms with Crippen LogP contribution in [-0.4, -0.2) is 44.4 Å². The van der Waals surface area contributed by atoms with Crippen LogP contribution in [0.3, 0.4) is 0 Å². The Morgan fingerprint density at radius 1 is 1.10 bits per heavy atom. The first kappa shape index (κ1) is 22.5. The Kier molecular flexibility index (Phi) is 6.72. The number of aromatic nitrogens is 1. The molecule has 0 aliphatic rings. The Morgan fingerprint density at radius 2 is 1.81 bits per heavy atom. The van der Waals surface area contributed by atoms with Crippen LogP contribution < -0.4 is 10.1 Å². The number of ether oxygens (including phenoxy) is 1. The number of amides is 1. The topological polar surface area (TPSA) is 106 Å². The molecule has 2 aromatic carbocycles. The first-order chi connectivity index (χ1) is 14.7. The smallest absolute Gasteiger partial charge is 0.251 e. The lowest BCUT2D eigenvalue weighted by molar-refractivity contribution is 0.0916. The number of methoxy groups -OCH3 is 1. The Labute approximate surface area is 181 Å². The van der Waals surface area contributed by atoms with Crippen LogP contribution in [0.2, 0.25) is 0 Å². The molecule has 1 aromatic heterocycles. The van der Waals surface area contributed by atoms with Crippen molar-refractivity contribution in [1.82, 2.24) is 10.3 Å². The number of nitrogens with zero attached hydrogens (tertiary/aromatic N) is 1. The Bertz CT molecular complexity index is 1170. The number of aliphatic hydroxyl groups is 1.